The Bertz CT molecular complexity index is 430. The summed E-state index contributed by atoms with van der Waals surface area (Å²) in [5.74, 6) is 1.44. The van der Waals surface area contributed by atoms with Crippen LogP contribution in [0.15, 0.2) is 24.3 Å². The van der Waals surface area contributed by atoms with E-state index in [-0.39, 0.29) is 11.9 Å². The van der Waals surface area contributed by atoms with Crippen LogP contribution in [0, 0.1) is 5.92 Å². The normalized spacial score (nSPS) is 23.2. The fourth-order valence-corrected chi connectivity index (χ4v) is 2.75. The molecule has 4 nitrogen and oxygen atoms in total. The van der Waals surface area contributed by atoms with Gasteiger partial charge >= 0.3 is 0 Å². The molecule has 2 atom stereocenters. The molecule has 1 fully saturated rings. The largest absolute Gasteiger partial charge is 0.497 e. The monoisotopic (exact) mass is 262 g/mol. The summed E-state index contributed by atoms with van der Waals surface area (Å²) in [5, 5.41) is 0. The highest BCUT2D eigenvalue weighted by molar-refractivity contribution is 5.73. The Morgan fingerprint density at radius 3 is 2.63 bits per heavy atom. The number of carbonyl (C=O) groups excluding carboxylic acids is 1. The number of benzene rings is 1. The quantitative estimate of drug-likeness (QED) is 0.896. The Labute approximate surface area is 114 Å². The highest BCUT2D eigenvalue weighted by Gasteiger charge is 2.26. The van der Waals surface area contributed by atoms with Crippen LogP contribution >= 0.6 is 0 Å². The molecule has 1 aliphatic rings. The van der Waals surface area contributed by atoms with Crippen molar-refractivity contribution in [3.8, 4) is 5.75 Å². The van der Waals surface area contributed by atoms with Gasteiger partial charge in [0.25, 0.3) is 0 Å². The van der Waals surface area contributed by atoms with Crippen LogP contribution in [0.5, 0.6) is 5.75 Å². The standard InChI is InChI=1S/C15H22N2O2/c1-11(18)17-9-13(8-14(16)10-17)7-12-3-5-15(19-2)6-4-12/h3-6,13-14H,7-10,16H2,1-2H3. The van der Waals surface area contributed by atoms with Gasteiger partial charge in [0, 0.05) is 26.1 Å². The first-order valence-corrected chi connectivity index (χ1v) is 6.72. The molecule has 0 radical (unpaired) electrons. The fraction of sp³-hybridized carbons (Fsp3) is 0.533. The summed E-state index contributed by atoms with van der Waals surface area (Å²) in [6.45, 7) is 3.12. The number of ether oxygens (including phenoxy) is 1. The summed E-state index contributed by atoms with van der Waals surface area (Å²) in [4.78, 5) is 13.3. The zero-order valence-corrected chi connectivity index (χ0v) is 11.6. The first-order valence-electron chi connectivity index (χ1n) is 6.72. The molecule has 0 bridgehead atoms. The van der Waals surface area contributed by atoms with Crippen molar-refractivity contribution in [2.75, 3.05) is 20.2 Å². The Balaban J connectivity index is 1.98. The van der Waals surface area contributed by atoms with Gasteiger partial charge in [0.2, 0.25) is 5.91 Å². The highest BCUT2D eigenvalue weighted by atomic mass is 16.5. The van der Waals surface area contributed by atoms with Crippen LogP contribution in [0.2, 0.25) is 0 Å². The predicted molar refractivity (Wildman–Crippen MR) is 75.0 cm³/mol. The number of nitrogens with zero attached hydrogens (tertiary/aromatic N) is 1. The predicted octanol–water partition coefficient (Wildman–Crippen LogP) is 1.43. The second-order valence-electron chi connectivity index (χ2n) is 5.34. The Hall–Kier alpha value is -1.55. The molecular weight excluding hydrogens is 240 g/mol. The lowest BCUT2D eigenvalue weighted by Crippen LogP contribution is -2.49. The van der Waals surface area contributed by atoms with Gasteiger partial charge in [-0.2, -0.15) is 0 Å². The third kappa shape index (κ3) is 3.70. The molecule has 0 saturated carbocycles. The van der Waals surface area contributed by atoms with E-state index in [0.717, 1.165) is 25.1 Å². The molecule has 1 aromatic rings. The average molecular weight is 262 g/mol. The van der Waals surface area contributed by atoms with E-state index in [4.69, 9.17) is 10.5 Å². The maximum Gasteiger partial charge on any atom is 0.219 e. The van der Waals surface area contributed by atoms with Crippen molar-refractivity contribution in [2.45, 2.75) is 25.8 Å². The summed E-state index contributed by atoms with van der Waals surface area (Å²) < 4.78 is 5.15. The second kappa shape index (κ2) is 6.06. The first-order chi connectivity index (χ1) is 9.08. The first kappa shape index (κ1) is 13.9. The topological polar surface area (TPSA) is 55.6 Å². The zero-order chi connectivity index (χ0) is 13.8. The number of nitrogens with two attached hydrogens (primary N) is 1. The summed E-state index contributed by atoms with van der Waals surface area (Å²) in [5.41, 5.74) is 7.31. The van der Waals surface area contributed by atoms with E-state index in [1.807, 2.05) is 17.0 Å². The van der Waals surface area contributed by atoms with Crippen LogP contribution in [0.1, 0.15) is 18.9 Å². The number of methoxy groups -OCH3 is 1. The van der Waals surface area contributed by atoms with Gasteiger partial charge in [0.1, 0.15) is 5.75 Å². The number of piperidine rings is 1. The Morgan fingerprint density at radius 2 is 2.05 bits per heavy atom. The number of rotatable bonds is 3. The molecule has 0 spiro atoms. The van der Waals surface area contributed by atoms with Gasteiger partial charge in [-0.3, -0.25) is 4.79 Å². The maximum absolute atomic E-state index is 11.5. The number of hydrogen-bond acceptors (Lipinski definition) is 3. The number of amides is 1. The third-order valence-corrected chi connectivity index (χ3v) is 3.70. The fourth-order valence-electron chi connectivity index (χ4n) is 2.75. The van der Waals surface area contributed by atoms with Gasteiger partial charge in [-0.15, -0.1) is 0 Å². The lowest BCUT2D eigenvalue weighted by atomic mass is 9.89. The number of likely N-dealkylation sites (tertiary alicyclic amines) is 1. The molecule has 2 rings (SSSR count). The van der Waals surface area contributed by atoms with E-state index >= 15 is 0 Å². The van der Waals surface area contributed by atoms with Crippen molar-refractivity contribution in [1.29, 1.82) is 0 Å². The van der Waals surface area contributed by atoms with Crippen LogP contribution < -0.4 is 10.5 Å². The van der Waals surface area contributed by atoms with Gasteiger partial charge in [-0.05, 0) is 36.5 Å². The lowest BCUT2D eigenvalue weighted by molar-refractivity contribution is -0.130. The molecule has 0 aliphatic carbocycles. The molecule has 19 heavy (non-hydrogen) atoms. The van der Waals surface area contributed by atoms with E-state index in [2.05, 4.69) is 12.1 Å². The minimum Gasteiger partial charge on any atom is -0.497 e. The molecule has 2 N–H and O–H groups in total. The molecule has 4 heteroatoms. The summed E-state index contributed by atoms with van der Waals surface area (Å²) in [7, 11) is 1.67. The molecule has 1 saturated heterocycles. The van der Waals surface area contributed by atoms with Gasteiger partial charge < -0.3 is 15.4 Å². The molecule has 1 heterocycles. The van der Waals surface area contributed by atoms with Gasteiger partial charge in [-0.1, -0.05) is 12.1 Å². The van der Waals surface area contributed by atoms with E-state index in [1.54, 1.807) is 14.0 Å². The van der Waals surface area contributed by atoms with E-state index in [9.17, 15) is 4.79 Å². The van der Waals surface area contributed by atoms with E-state index in [1.165, 1.54) is 5.56 Å². The number of hydrogen-bond donors (Lipinski definition) is 1. The van der Waals surface area contributed by atoms with E-state index < -0.39 is 0 Å². The average Bonchev–Trinajstić information content (AvgIpc) is 2.39. The maximum atomic E-state index is 11.5. The van der Waals surface area contributed by atoms with Crippen LogP contribution in [0.25, 0.3) is 0 Å². The van der Waals surface area contributed by atoms with Gasteiger partial charge in [-0.25, -0.2) is 0 Å². The van der Waals surface area contributed by atoms with Crippen molar-refractivity contribution < 1.29 is 9.53 Å². The minimum absolute atomic E-state index is 0.0981. The summed E-state index contributed by atoms with van der Waals surface area (Å²) in [6, 6.07) is 8.20. The van der Waals surface area contributed by atoms with Crippen molar-refractivity contribution in [2.24, 2.45) is 11.7 Å². The molecular formula is C15H22N2O2. The molecule has 1 aromatic carbocycles. The molecule has 0 aromatic heterocycles. The Morgan fingerprint density at radius 1 is 1.37 bits per heavy atom. The third-order valence-electron chi connectivity index (χ3n) is 3.70. The minimum atomic E-state index is 0.0981. The smallest absolute Gasteiger partial charge is 0.219 e. The summed E-state index contributed by atoms with van der Waals surface area (Å²) in [6.07, 6.45) is 1.94. The van der Waals surface area contributed by atoms with Crippen LogP contribution in [-0.2, 0) is 11.2 Å². The molecule has 104 valence electrons. The van der Waals surface area contributed by atoms with Gasteiger partial charge in [0.15, 0.2) is 0 Å². The van der Waals surface area contributed by atoms with Crippen LogP contribution in [0.3, 0.4) is 0 Å². The van der Waals surface area contributed by atoms with Crippen molar-refractivity contribution in [1.82, 2.24) is 4.90 Å². The molecule has 1 aliphatic heterocycles. The van der Waals surface area contributed by atoms with Crippen molar-refractivity contribution in [3.05, 3.63) is 29.8 Å². The second-order valence-corrected chi connectivity index (χ2v) is 5.34. The molecule has 2 unspecified atom stereocenters. The highest BCUT2D eigenvalue weighted by Crippen LogP contribution is 2.21. The van der Waals surface area contributed by atoms with Crippen molar-refractivity contribution >= 4 is 5.91 Å². The van der Waals surface area contributed by atoms with Crippen LogP contribution in [-0.4, -0.2) is 37.0 Å². The number of carbonyl (C=O) groups is 1. The lowest BCUT2D eigenvalue weighted by Gasteiger charge is -2.36. The van der Waals surface area contributed by atoms with Crippen molar-refractivity contribution in [3.63, 3.8) is 0 Å². The van der Waals surface area contributed by atoms with Crippen LogP contribution in [0.4, 0.5) is 0 Å². The zero-order valence-electron chi connectivity index (χ0n) is 11.6. The summed E-state index contributed by atoms with van der Waals surface area (Å²) >= 11 is 0. The van der Waals surface area contributed by atoms with E-state index in [0.29, 0.717) is 12.5 Å². The Kier molecular flexibility index (Phi) is 4.43. The SMILES string of the molecule is COc1ccc(CC2CC(N)CN(C(C)=O)C2)cc1. The molecule has 1 amide bonds. The van der Waals surface area contributed by atoms with Gasteiger partial charge in [0.05, 0.1) is 7.11 Å².